The highest BCUT2D eigenvalue weighted by atomic mass is 32.1. The monoisotopic (exact) mass is 246 g/mol. The summed E-state index contributed by atoms with van der Waals surface area (Å²) in [5.74, 6) is 0. The zero-order valence-corrected chi connectivity index (χ0v) is 11.1. The number of rotatable bonds is 3. The fourth-order valence-electron chi connectivity index (χ4n) is 1.42. The minimum absolute atomic E-state index is 1.32. The Hall–Kier alpha value is -1.12. The molecule has 0 unspecified atom stereocenters. The summed E-state index contributed by atoms with van der Waals surface area (Å²) >= 11 is 3.65. The Kier molecular flexibility index (Phi) is 3.75. The summed E-state index contributed by atoms with van der Waals surface area (Å²) in [6.45, 7) is 4.19. The molecule has 16 heavy (non-hydrogen) atoms. The van der Waals surface area contributed by atoms with Crippen molar-refractivity contribution in [2.24, 2.45) is 0 Å². The second kappa shape index (κ2) is 5.28. The van der Waals surface area contributed by atoms with Crippen LogP contribution in [0.2, 0.25) is 0 Å². The first kappa shape index (κ1) is 11.4. The van der Waals surface area contributed by atoms with Crippen LogP contribution in [0.15, 0.2) is 47.9 Å². The average Bonchev–Trinajstić information content (AvgIpc) is 2.94. The predicted octanol–water partition coefficient (Wildman–Crippen LogP) is 5.46. The van der Waals surface area contributed by atoms with E-state index in [4.69, 9.17) is 0 Å². The molecule has 2 aromatic heterocycles. The van der Waals surface area contributed by atoms with Crippen LogP contribution < -0.4 is 0 Å². The Morgan fingerprint density at radius 1 is 1.19 bits per heavy atom. The maximum absolute atomic E-state index is 2.21. The average molecular weight is 246 g/mol. The molecule has 82 valence electrons. The van der Waals surface area contributed by atoms with Crippen LogP contribution in [0.3, 0.4) is 0 Å². The molecule has 0 N–H and O–H groups in total. The van der Waals surface area contributed by atoms with Crippen LogP contribution in [-0.2, 0) is 0 Å². The molecule has 0 bridgehead atoms. The van der Waals surface area contributed by atoms with Crippen LogP contribution in [0.25, 0.3) is 15.3 Å². The van der Waals surface area contributed by atoms with Gasteiger partial charge < -0.3 is 0 Å². The lowest BCUT2D eigenvalue weighted by atomic mass is 10.2. The van der Waals surface area contributed by atoms with Crippen molar-refractivity contribution >= 4 is 28.2 Å². The first-order valence-corrected chi connectivity index (χ1v) is 6.94. The second-order valence-corrected chi connectivity index (χ2v) is 5.55. The minimum Gasteiger partial charge on any atom is -0.143 e. The van der Waals surface area contributed by atoms with Crippen LogP contribution in [0.5, 0.6) is 0 Å². The van der Waals surface area contributed by atoms with E-state index in [1.54, 1.807) is 11.3 Å². The summed E-state index contributed by atoms with van der Waals surface area (Å²) < 4.78 is 0. The van der Waals surface area contributed by atoms with Gasteiger partial charge >= 0.3 is 0 Å². The van der Waals surface area contributed by atoms with E-state index in [9.17, 15) is 0 Å². The molecule has 0 aromatic carbocycles. The summed E-state index contributed by atoms with van der Waals surface area (Å²) in [4.78, 5) is 4.06. The van der Waals surface area contributed by atoms with E-state index in [2.05, 4.69) is 54.8 Å². The topological polar surface area (TPSA) is 0 Å². The third-order valence-corrected chi connectivity index (χ3v) is 4.58. The fraction of sp³-hybridized carbons (Fsp3) is 0.143. The van der Waals surface area contributed by atoms with E-state index in [-0.39, 0.29) is 0 Å². The molecule has 0 amide bonds. The lowest BCUT2D eigenvalue weighted by molar-refractivity contribution is 1.68. The molecule has 2 heteroatoms. The van der Waals surface area contributed by atoms with Crippen LogP contribution in [0, 0.1) is 0 Å². The van der Waals surface area contributed by atoms with Gasteiger partial charge in [0.2, 0.25) is 0 Å². The maximum Gasteiger partial charge on any atom is 0.0449 e. The maximum atomic E-state index is 2.21. The fourth-order valence-corrected chi connectivity index (χ4v) is 3.24. The van der Waals surface area contributed by atoms with Crippen molar-refractivity contribution < 1.29 is 0 Å². The van der Waals surface area contributed by atoms with Crippen molar-refractivity contribution in [1.29, 1.82) is 0 Å². The molecule has 2 aromatic rings. The largest absolute Gasteiger partial charge is 0.143 e. The van der Waals surface area contributed by atoms with Crippen LogP contribution >= 0.6 is 22.7 Å². The van der Waals surface area contributed by atoms with Gasteiger partial charge in [-0.2, -0.15) is 0 Å². The van der Waals surface area contributed by atoms with Crippen molar-refractivity contribution in [3.8, 4) is 9.75 Å². The molecule has 0 aliphatic carbocycles. The summed E-state index contributed by atoms with van der Waals surface area (Å²) in [7, 11) is 0. The first-order valence-electron chi connectivity index (χ1n) is 5.25. The Bertz CT molecular complexity index is 499. The summed E-state index contributed by atoms with van der Waals surface area (Å²) in [5.41, 5.74) is 1.32. The Labute approximate surface area is 105 Å². The van der Waals surface area contributed by atoms with Crippen molar-refractivity contribution in [1.82, 2.24) is 0 Å². The van der Waals surface area contributed by atoms with Gasteiger partial charge in [-0.15, -0.1) is 22.7 Å². The van der Waals surface area contributed by atoms with Crippen molar-refractivity contribution in [3.05, 3.63) is 52.8 Å². The zero-order valence-electron chi connectivity index (χ0n) is 9.44. The molecular weight excluding hydrogens is 232 g/mol. The SMILES string of the molecule is C/C=C\C=C(/C)c1ccc(-c2cccs2)s1. The standard InChI is InChI=1S/C14H14S2/c1-3-4-6-11(2)12-8-9-14(16-12)13-7-5-10-15-13/h3-10H,1-2H3/b4-3-,11-6+. The quantitative estimate of drug-likeness (QED) is 0.631. The highest BCUT2D eigenvalue weighted by Gasteiger charge is 2.04. The van der Waals surface area contributed by atoms with E-state index < -0.39 is 0 Å². The predicted molar refractivity (Wildman–Crippen MR) is 76.1 cm³/mol. The number of thiophene rings is 2. The summed E-state index contributed by atoms with van der Waals surface area (Å²) in [6, 6.07) is 8.68. The molecule has 2 rings (SSSR count). The van der Waals surface area contributed by atoms with Gasteiger partial charge in [0.05, 0.1) is 0 Å². The molecule has 0 spiro atoms. The van der Waals surface area contributed by atoms with Gasteiger partial charge in [0.25, 0.3) is 0 Å². The molecule has 0 saturated carbocycles. The van der Waals surface area contributed by atoms with Crippen LogP contribution in [0.1, 0.15) is 18.7 Å². The highest BCUT2D eigenvalue weighted by molar-refractivity contribution is 7.21. The number of hydrogen-bond acceptors (Lipinski definition) is 2. The van der Waals surface area contributed by atoms with E-state index in [0.717, 1.165) is 0 Å². The summed E-state index contributed by atoms with van der Waals surface area (Å²) in [6.07, 6.45) is 6.29. The van der Waals surface area contributed by atoms with Crippen molar-refractivity contribution in [2.75, 3.05) is 0 Å². The smallest absolute Gasteiger partial charge is 0.0449 e. The second-order valence-electron chi connectivity index (χ2n) is 3.52. The Balaban J connectivity index is 2.26. The lowest BCUT2D eigenvalue weighted by Crippen LogP contribution is -1.68. The molecule has 0 radical (unpaired) electrons. The van der Waals surface area contributed by atoms with Crippen LogP contribution in [-0.4, -0.2) is 0 Å². The van der Waals surface area contributed by atoms with Crippen molar-refractivity contribution in [3.63, 3.8) is 0 Å². The van der Waals surface area contributed by atoms with Gasteiger partial charge in [-0.3, -0.25) is 0 Å². The molecule has 0 aliphatic rings. The molecule has 0 fully saturated rings. The van der Waals surface area contributed by atoms with Crippen LogP contribution in [0.4, 0.5) is 0 Å². The van der Waals surface area contributed by atoms with E-state index in [0.29, 0.717) is 0 Å². The lowest BCUT2D eigenvalue weighted by Gasteiger charge is -1.93. The van der Waals surface area contributed by atoms with Gasteiger partial charge in [-0.25, -0.2) is 0 Å². The van der Waals surface area contributed by atoms with Gasteiger partial charge in [0.1, 0.15) is 0 Å². The molecule has 0 aliphatic heterocycles. The molecule has 2 heterocycles. The third kappa shape index (κ3) is 2.52. The highest BCUT2D eigenvalue weighted by Crippen LogP contribution is 2.34. The Morgan fingerprint density at radius 3 is 2.75 bits per heavy atom. The zero-order chi connectivity index (χ0) is 11.4. The minimum atomic E-state index is 1.32. The van der Waals surface area contributed by atoms with Gasteiger partial charge in [-0.1, -0.05) is 24.3 Å². The Morgan fingerprint density at radius 2 is 2.06 bits per heavy atom. The van der Waals surface area contributed by atoms with Gasteiger partial charge in [-0.05, 0) is 43.0 Å². The molecule has 0 nitrogen and oxygen atoms in total. The van der Waals surface area contributed by atoms with E-state index >= 15 is 0 Å². The molecular formula is C14H14S2. The van der Waals surface area contributed by atoms with Gasteiger partial charge in [0.15, 0.2) is 0 Å². The van der Waals surface area contributed by atoms with Crippen molar-refractivity contribution in [2.45, 2.75) is 13.8 Å². The molecule has 0 saturated heterocycles. The summed E-state index contributed by atoms with van der Waals surface area (Å²) in [5, 5.41) is 2.12. The van der Waals surface area contributed by atoms with E-state index in [1.165, 1.54) is 20.2 Å². The molecule has 0 atom stereocenters. The number of allylic oxidation sites excluding steroid dienone is 4. The van der Waals surface area contributed by atoms with Gasteiger partial charge in [0, 0.05) is 14.6 Å². The first-order chi connectivity index (χ1) is 7.81. The van der Waals surface area contributed by atoms with E-state index in [1.807, 2.05) is 18.3 Å². The third-order valence-electron chi connectivity index (χ3n) is 2.30. The normalized spacial score (nSPS) is 12.5. The number of hydrogen-bond donors (Lipinski definition) is 0.